The minimum atomic E-state index is -5.87. The Hall–Kier alpha value is -3.88. The van der Waals surface area contributed by atoms with Crippen LogP contribution in [0.2, 0.25) is 0 Å². The Morgan fingerprint density at radius 2 is 1.67 bits per heavy atom. The number of nitrogens with zero attached hydrogens (tertiary/aromatic N) is 5. The molecule has 11 nitrogen and oxygen atoms in total. The molecule has 2 heterocycles. The van der Waals surface area contributed by atoms with Crippen molar-refractivity contribution in [2.75, 3.05) is 0 Å². The lowest BCUT2D eigenvalue weighted by atomic mass is 10.2. The van der Waals surface area contributed by atoms with E-state index in [0.717, 1.165) is 18.3 Å². The number of sulfone groups is 1. The van der Waals surface area contributed by atoms with E-state index in [1.807, 2.05) is 10.9 Å². The molecule has 0 bridgehead atoms. The van der Waals surface area contributed by atoms with Gasteiger partial charge in [-0.1, -0.05) is 0 Å². The van der Waals surface area contributed by atoms with Crippen molar-refractivity contribution in [3.05, 3.63) is 60.0 Å². The molecule has 0 radical (unpaired) electrons. The third-order valence-electron chi connectivity index (χ3n) is 3.61. The lowest BCUT2D eigenvalue weighted by Gasteiger charge is -2.12. The first-order valence-electron chi connectivity index (χ1n) is 7.82. The van der Waals surface area contributed by atoms with E-state index in [1.54, 1.807) is 0 Å². The molecule has 0 saturated carbocycles. The molecule has 0 aliphatic heterocycles. The second-order valence-corrected chi connectivity index (χ2v) is 7.37. The summed E-state index contributed by atoms with van der Waals surface area (Å²) in [5.41, 5.74) is -2.08. The van der Waals surface area contributed by atoms with Crippen molar-refractivity contribution < 1.29 is 31.2 Å². The zero-order valence-electron chi connectivity index (χ0n) is 14.5. The predicted molar refractivity (Wildman–Crippen MR) is 91.6 cm³/mol. The topological polar surface area (TPSA) is 149 Å². The van der Waals surface area contributed by atoms with Gasteiger partial charge in [0.25, 0.3) is 21.7 Å². The van der Waals surface area contributed by atoms with Crippen LogP contribution >= 0.6 is 0 Å². The highest BCUT2D eigenvalue weighted by Gasteiger charge is 2.49. The number of benzene rings is 1. The van der Waals surface area contributed by atoms with E-state index in [1.165, 1.54) is 35.3 Å². The maximum Gasteiger partial charge on any atom is 0.503 e. The molecule has 0 atom stereocenters. The van der Waals surface area contributed by atoms with Gasteiger partial charge in [0.1, 0.15) is 6.33 Å². The van der Waals surface area contributed by atoms with Crippen molar-refractivity contribution >= 4 is 21.7 Å². The average Bonchev–Trinajstić information content (AvgIpc) is 3.26. The zero-order valence-corrected chi connectivity index (χ0v) is 15.3. The van der Waals surface area contributed by atoms with Crippen LogP contribution < -0.4 is 10.9 Å². The number of hydrogen-bond donors (Lipinski definition) is 2. The number of halogens is 3. The number of carbonyl (C=O) groups is 2. The van der Waals surface area contributed by atoms with E-state index in [-0.39, 0.29) is 5.56 Å². The van der Waals surface area contributed by atoms with Gasteiger partial charge in [-0.25, -0.2) is 18.1 Å². The fourth-order valence-electron chi connectivity index (χ4n) is 2.19. The van der Waals surface area contributed by atoms with Crippen LogP contribution in [-0.4, -0.2) is 50.9 Å². The molecule has 156 valence electrons. The van der Waals surface area contributed by atoms with Gasteiger partial charge in [-0.3, -0.25) is 20.4 Å². The number of aromatic nitrogens is 5. The quantitative estimate of drug-likeness (QED) is 0.554. The third kappa shape index (κ3) is 4.09. The summed E-state index contributed by atoms with van der Waals surface area (Å²) in [7, 11) is -5.87. The predicted octanol–water partition coefficient (Wildman–Crippen LogP) is 0.426. The van der Waals surface area contributed by atoms with Gasteiger partial charge in [0.2, 0.25) is 0 Å². The second kappa shape index (κ2) is 7.86. The van der Waals surface area contributed by atoms with Gasteiger partial charge in [-0.05, 0) is 46.8 Å². The van der Waals surface area contributed by atoms with E-state index in [4.69, 9.17) is 0 Å². The number of pyridine rings is 1. The second-order valence-electron chi connectivity index (χ2n) is 5.51. The minimum absolute atomic E-state index is 0.0847. The lowest BCUT2D eigenvalue weighted by Crippen LogP contribution is -2.42. The Morgan fingerprint density at radius 3 is 2.27 bits per heavy atom. The van der Waals surface area contributed by atoms with E-state index < -0.39 is 37.7 Å². The Labute approximate surface area is 165 Å². The Morgan fingerprint density at radius 1 is 1.00 bits per heavy atom. The number of hydrazine groups is 1. The van der Waals surface area contributed by atoms with Crippen LogP contribution in [0.25, 0.3) is 5.69 Å². The Balaban J connectivity index is 1.73. The van der Waals surface area contributed by atoms with Crippen LogP contribution in [0.15, 0.2) is 53.9 Å². The number of carbonyl (C=O) groups excluding carboxylic acids is 2. The van der Waals surface area contributed by atoms with Gasteiger partial charge >= 0.3 is 5.51 Å². The summed E-state index contributed by atoms with van der Waals surface area (Å²) >= 11 is 0. The molecule has 15 heteroatoms. The first-order chi connectivity index (χ1) is 14.1. The number of nitrogens with one attached hydrogen (secondary N) is 2. The molecule has 3 aromatic rings. The van der Waals surface area contributed by atoms with Crippen molar-refractivity contribution in [1.82, 2.24) is 36.0 Å². The molecule has 0 unspecified atom stereocenters. The summed E-state index contributed by atoms with van der Waals surface area (Å²) in [6.45, 7) is 0. The molecule has 30 heavy (non-hydrogen) atoms. The molecule has 0 aliphatic carbocycles. The van der Waals surface area contributed by atoms with Gasteiger partial charge in [-0.15, -0.1) is 5.10 Å². The molecule has 2 amide bonds. The molecule has 0 saturated heterocycles. The fraction of sp³-hybridized carbons (Fsp3) is 0.0667. The summed E-state index contributed by atoms with van der Waals surface area (Å²) in [5, 5.41) is 9.11. The molecule has 0 fully saturated rings. The van der Waals surface area contributed by atoms with Crippen LogP contribution in [0.5, 0.6) is 0 Å². The smallest absolute Gasteiger partial charge is 0.267 e. The molecule has 3 rings (SSSR count). The van der Waals surface area contributed by atoms with Crippen LogP contribution in [0, 0.1) is 0 Å². The highest BCUT2D eigenvalue weighted by Crippen LogP contribution is 2.30. The van der Waals surface area contributed by atoms with Gasteiger partial charge in [0.05, 0.1) is 11.3 Å². The summed E-state index contributed by atoms with van der Waals surface area (Å²) in [4.78, 5) is 27.5. The molecular formula is C15H10F3N7O4S. The number of rotatable bonds is 4. The number of alkyl halides is 3. The first kappa shape index (κ1) is 20.8. The normalized spacial score (nSPS) is 11.7. The molecular weight excluding hydrogens is 431 g/mol. The standard InChI is InChI=1S/C15H10F3N7O4S/c16-15(17,18)30(28,29)14-11(2-1-7-19-14)13(27)22-21-12(26)9-3-5-10(6-4-9)25-8-20-23-24-25/h1-8H,(H,21,26)(H,22,27). The van der Waals surface area contributed by atoms with E-state index in [0.29, 0.717) is 5.69 Å². The van der Waals surface area contributed by atoms with Crippen molar-refractivity contribution in [2.24, 2.45) is 0 Å². The molecule has 0 spiro atoms. The highest BCUT2D eigenvalue weighted by atomic mass is 32.2. The van der Waals surface area contributed by atoms with Crippen molar-refractivity contribution in [2.45, 2.75) is 10.5 Å². The summed E-state index contributed by atoms with van der Waals surface area (Å²) in [6, 6.07) is 7.66. The van der Waals surface area contributed by atoms with E-state index in [2.05, 4.69) is 20.5 Å². The summed E-state index contributed by atoms with van der Waals surface area (Å²) < 4.78 is 62.9. The monoisotopic (exact) mass is 441 g/mol. The number of tetrazole rings is 1. The molecule has 2 aromatic heterocycles. The molecule has 2 N–H and O–H groups in total. The first-order valence-corrected chi connectivity index (χ1v) is 9.30. The maximum atomic E-state index is 12.8. The maximum absolute atomic E-state index is 12.8. The van der Waals surface area contributed by atoms with Gasteiger partial charge in [0, 0.05) is 11.8 Å². The Kier molecular flexibility index (Phi) is 5.46. The molecule has 1 aromatic carbocycles. The van der Waals surface area contributed by atoms with E-state index in [9.17, 15) is 31.2 Å². The summed E-state index contributed by atoms with van der Waals surface area (Å²) in [6.07, 6.45) is 2.12. The van der Waals surface area contributed by atoms with E-state index >= 15 is 0 Å². The average molecular weight is 441 g/mol. The van der Waals surface area contributed by atoms with Crippen LogP contribution in [0.3, 0.4) is 0 Å². The van der Waals surface area contributed by atoms with Gasteiger partial charge < -0.3 is 0 Å². The van der Waals surface area contributed by atoms with Crippen molar-refractivity contribution in [3.63, 3.8) is 0 Å². The van der Waals surface area contributed by atoms with Crippen LogP contribution in [-0.2, 0) is 9.84 Å². The summed E-state index contributed by atoms with van der Waals surface area (Å²) in [5.74, 6) is -2.11. The fourth-order valence-corrected chi connectivity index (χ4v) is 3.05. The van der Waals surface area contributed by atoms with Crippen molar-refractivity contribution in [3.8, 4) is 5.69 Å². The van der Waals surface area contributed by atoms with Crippen LogP contribution in [0.1, 0.15) is 20.7 Å². The van der Waals surface area contributed by atoms with Gasteiger partial charge in [0.15, 0.2) is 5.03 Å². The SMILES string of the molecule is O=C(NNC(=O)c1cccnc1S(=O)(=O)C(F)(F)F)c1ccc(-n2cnnn2)cc1. The number of amides is 2. The zero-order chi connectivity index (χ0) is 21.9. The largest absolute Gasteiger partial charge is 0.503 e. The molecule has 0 aliphatic rings. The Bertz CT molecular complexity index is 1180. The van der Waals surface area contributed by atoms with Crippen molar-refractivity contribution in [1.29, 1.82) is 0 Å². The number of hydrogen-bond acceptors (Lipinski definition) is 8. The lowest BCUT2D eigenvalue weighted by molar-refractivity contribution is -0.0438. The van der Waals surface area contributed by atoms with Gasteiger partial charge in [-0.2, -0.15) is 13.2 Å². The minimum Gasteiger partial charge on any atom is -0.267 e. The third-order valence-corrected chi connectivity index (χ3v) is 5.05. The highest BCUT2D eigenvalue weighted by molar-refractivity contribution is 7.92. The van der Waals surface area contributed by atoms with Crippen LogP contribution in [0.4, 0.5) is 13.2 Å².